The van der Waals surface area contributed by atoms with E-state index < -0.39 is 24.2 Å². The lowest BCUT2D eigenvalue weighted by molar-refractivity contribution is -0.173. The van der Waals surface area contributed by atoms with Gasteiger partial charge in [0.05, 0.1) is 6.04 Å². The molecule has 1 aliphatic heterocycles. The number of anilines is 2. The maximum atomic E-state index is 13.8. The molecule has 0 aliphatic carbocycles. The smallest absolute Gasteiger partial charge is 0.363 e. The molecule has 2 aromatic carbocycles. The lowest BCUT2D eigenvalue weighted by Crippen LogP contribution is -2.35. The first kappa shape index (κ1) is 21.5. The molecule has 2 atom stereocenters. The molecule has 0 spiro atoms. The number of rotatable bonds is 3. The van der Waals surface area contributed by atoms with Crippen LogP contribution in [0.1, 0.15) is 40.1 Å². The minimum Gasteiger partial charge on any atom is -0.363 e. The first-order chi connectivity index (χ1) is 14.6. The third-order valence-electron chi connectivity index (χ3n) is 5.12. The Hall–Kier alpha value is -2.71. The zero-order valence-corrected chi connectivity index (χ0v) is 17.7. The molecule has 0 bridgehead atoms. The number of carbonyl (C=O) groups is 1. The molecule has 162 valence electrons. The molecule has 1 amide bonds. The fourth-order valence-electron chi connectivity index (χ4n) is 3.46. The molecule has 10 heteroatoms. The number of halogens is 5. The summed E-state index contributed by atoms with van der Waals surface area (Å²) in [6.45, 7) is 1.82. The van der Waals surface area contributed by atoms with Crippen LogP contribution in [0.3, 0.4) is 0 Å². The molecule has 3 aromatic rings. The van der Waals surface area contributed by atoms with Gasteiger partial charge in [-0.1, -0.05) is 41.4 Å². The molecule has 0 fully saturated rings. The van der Waals surface area contributed by atoms with Gasteiger partial charge in [0, 0.05) is 28.2 Å². The van der Waals surface area contributed by atoms with Crippen molar-refractivity contribution in [1.29, 1.82) is 0 Å². The number of carbonyl (C=O) groups excluding carboxylic acids is 1. The number of fused-ring (bicyclic) bond motifs is 1. The molecule has 31 heavy (non-hydrogen) atoms. The summed E-state index contributed by atoms with van der Waals surface area (Å²) in [5.41, 5.74) is 1.78. The molecule has 4 rings (SSSR count). The van der Waals surface area contributed by atoms with Crippen molar-refractivity contribution < 1.29 is 18.0 Å². The minimum atomic E-state index is -4.54. The van der Waals surface area contributed by atoms with Crippen LogP contribution in [-0.2, 0) is 0 Å². The van der Waals surface area contributed by atoms with E-state index in [1.165, 1.54) is 6.07 Å². The summed E-state index contributed by atoms with van der Waals surface area (Å²) in [5, 5.41) is 10.6. The first-order valence-electron chi connectivity index (χ1n) is 9.37. The Bertz CT molecular complexity index is 1130. The van der Waals surface area contributed by atoms with Gasteiger partial charge in [-0.3, -0.25) is 4.79 Å². The molecule has 0 radical (unpaired) electrons. The van der Waals surface area contributed by atoms with Crippen molar-refractivity contribution in [3.63, 3.8) is 0 Å². The van der Waals surface area contributed by atoms with Gasteiger partial charge in [-0.25, -0.2) is 4.68 Å². The van der Waals surface area contributed by atoms with Crippen molar-refractivity contribution in [3.8, 4) is 0 Å². The minimum absolute atomic E-state index is 0.112. The van der Waals surface area contributed by atoms with E-state index in [1.807, 2.05) is 6.92 Å². The van der Waals surface area contributed by atoms with Gasteiger partial charge >= 0.3 is 6.18 Å². The zero-order chi connectivity index (χ0) is 22.3. The van der Waals surface area contributed by atoms with Crippen LogP contribution in [-0.4, -0.2) is 21.9 Å². The van der Waals surface area contributed by atoms with Gasteiger partial charge in [0.1, 0.15) is 5.82 Å². The average molecular weight is 469 g/mol. The van der Waals surface area contributed by atoms with Gasteiger partial charge in [-0.2, -0.15) is 18.3 Å². The van der Waals surface area contributed by atoms with E-state index in [2.05, 4.69) is 15.7 Å². The Balaban J connectivity index is 1.63. The molecule has 1 aromatic heterocycles. The Morgan fingerprint density at radius 3 is 2.52 bits per heavy atom. The molecule has 0 saturated carbocycles. The van der Waals surface area contributed by atoms with Crippen LogP contribution in [0, 0.1) is 6.92 Å². The first-order valence-corrected chi connectivity index (χ1v) is 10.1. The number of hydrogen-bond donors (Lipinski definition) is 2. The lowest BCUT2D eigenvalue weighted by Gasteiger charge is -2.33. The fourth-order valence-corrected chi connectivity index (χ4v) is 3.77. The van der Waals surface area contributed by atoms with Crippen LogP contribution in [0.25, 0.3) is 0 Å². The molecule has 2 heterocycles. The number of alkyl halides is 3. The number of nitrogens with zero attached hydrogens (tertiary/aromatic N) is 2. The largest absolute Gasteiger partial charge is 0.410 e. The topological polar surface area (TPSA) is 59.0 Å². The number of aromatic nitrogens is 2. The zero-order valence-electron chi connectivity index (χ0n) is 16.2. The molecule has 5 nitrogen and oxygen atoms in total. The van der Waals surface area contributed by atoms with Gasteiger partial charge in [0.25, 0.3) is 5.91 Å². The summed E-state index contributed by atoms with van der Waals surface area (Å²) >= 11 is 12.0. The van der Waals surface area contributed by atoms with E-state index in [9.17, 15) is 18.0 Å². The third-order valence-corrected chi connectivity index (χ3v) is 5.78. The van der Waals surface area contributed by atoms with Crippen molar-refractivity contribution in [2.45, 2.75) is 31.6 Å². The van der Waals surface area contributed by atoms with Crippen molar-refractivity contribution in [2.24, 2.45) is 0 Å². The van der Waals surface area contributed by atoms with E-state index >= 15 is 0 Å². The van der Waals surface area contributed by atoms with Gasteiger partial charge in [-0.15, -0.1) is 0 Å². The summed E-state index contributed by atoms with van der Waals surface area (Å²) < 4.78 is 42.2. The third kappa shape index (κ3) is 4.50. The molecule has 0 saturated heterocycles. The van der Waals surface area contributed by atoms with Gasteiger partial charge < -0.3 is 10.6 Å². The Labute approximate surface area is 186 Å². The van der Waals surface area contributed by atoms with Crippen LogP contribution in [0.15, 0.2) is 48.5 Å². The predicted molar refractivity (Wildman–Crippen MR) is 114 cm³/mol. The second-order valence-corrected chi connectivity index (χ2v) is 8.16. The molecule has 0 unspecified atom stereocenters. The van der Waals surface area contributed by atoms with Crippen molar-refractivity contribution in [2.75, 3.05) is 10.6 Å². The summed E-state index contributed by atoms with van der Waals surface area (Å²) in [6.07, 6.45) is -4.81. The van der Waals surface area contributed by atoms with Crippen molar-refractivity contribution >= 4 is 40.6 Å². The number of nitrogens with one attached hydrogen (secondary N) is 2. The quantitative estimate of drug-likeness (QED) is 0.466. The maximum absolute atomic E-state index is 13.8. The Morgan fingerprint density at radius 2 is 1.87 bits per heavy atom. The summed E-state index contributed by atoms with van der Waals surface area (Å²) in [7, 11) is 0. The number of aryl methyl sites for hydroxylation is 1. The van der Waals surface area contributed by atoms with Crippen molar-refractivity contribution in [1.82, 2.24) is 9.78 Å². The fraction of sp³-hybridized carbons (Fsp3) is 0.238. The highest BCUT2D eigenvalue weighted by Crippen LogP contribution is 2.43. The van der Waals surface area contributed by atoms with Crippen molar-refractivity contribution in [3.05, 3.63) is 75.4 Å². The summed E-state index contributed by atoms with van der Waals surface area (Å²) in [5.74, 6) is -0.520. The molecular weight excluding hydrogens is 452 g/mol. The number of benzene rings is 2. The van der Waals surface area contributed by atoms with E-state index in [1.54, 1.807) is 42.5 Å². The van der Waals surface area contributed by atoms with E-state index in [4.69, 9.17) is 23.2 Å². The highest BCUT2D eigenvalue weighted by Gasteiger charge is 2.46. The van der Waals surface area contributed by atoms with Gasteiger partial charge in [0.15, 0.2) is 11.7 Å². The van der Waals surface area contributed by atoms with Crippen LogP contribution >= 0.6 is 23.2 Å². The maximum Gasteiger partial charge on any atom is 0.410 e. The van der Waals surface area contributed by atoms with E-state index in [0.717, 1.165) is 10.2 Å². The summed E-state index contributed by atoms with van der Waals surface area (Å²) in [4.78, 5) is 12.6. The van der Waals surface area contributed by atoms with Crippen LogP contribution in [0.4, 0.5) is 24.7 Å². The lowest BCUT2D eigenvalue weighted by atomic mass is 9.97. The second kappa shape index (κ2) is 8.09. The SMILES string of the molecule is Cc1ccc(NC(=O)c2cc3n(n2)[C@@H](C(F)(F)F)C[C@H](c2ccc(Cl)cc2)N3)cc1Cl. The van der Waals surface area contributed by atoms with Crippen LogP contribution < -0.4 is 10.6 Å². The van der Waals surface area contributed by atoms with Crippen LogP contribution in [0.5, 0.6) is 0 Å². The molecule has 1 aliphatic rings. The standard InChI is InChI=1S/C21H17Cl2F3N4O/c1-11-2-7-14(8-15(11)23)27-20(31)17-10-19-28-16(12-3-5-13(22)6-4-12)9-18(21(24,25)26)30(19)29-17/h2-8,10,16,18,28H,9H2,1H3,(H,27,31)/t16-,18-/m1/s1. The number of amides is 1. The van der Waals surface area contributed by atoms with Gasteiger partial charge in [0.2, 0.25) is 0 Å². The van der Waals surface area contributed by atoms with Gasteiger partial charge in [-0.05, 0) is 42.3 Å². The summed E-state index contributed by atoms with van der Waals surface area (Å²) in [6, 6.07) is 10.4. The average Bonchev–Trinajstić information content (AvgIpc) is 3.14. The van der Waals surface area contributed by atoms with E-state index in [0.29, 0.717) is 21.3 Å². The predicted octanol–water partition coefficient (Wildman–Crippen LogP) is 6.41. The molecule has 2 N–H and O–H groups in total. The van der Waals surface area contributed by atoms with Crippen LogP contribution in [0.2, 0.25) is 10.0 Å². The highest BCUT2D eigenvalue weighted by atomic mass is 35.5. The monoisotopic (exact) mass is 468 g/mol. The Morgan fingerprint density at radius 1 is 1.16 bits per heavy atom. The normalized spacial score (nSPS) is 18.3. The molecular formula is C21H17Cl2F3N4O. The Kier molecular flexibility index (Phi) is 5.61. The number of hydrogen-bond acceptors (Lipinski definition) is 3. The second-order valence-electron chi connectivity index (χ2n) is 7.32. The van der Waals surface area contributed by atoms with E-state index in [-0.39, 0.29) is 17.9 Å². The highest BCUT2D eigenvalue weighted by molar-refractivity contribution is 6.31.